The molecule has 25 heavy (non-hydrogen) atoms. The highest BCUT2D eigenvalue weighted by Crippen LogP contribution is 2.24. The molecule has 0 aromatic heterocycles. The van der Waals surface area contributed by atoms with Gasteiger partial charge in [0.25, 0.3) is 0 Å². The van der Waals surface area contributed by atoms with Crippen molar-refractivity contribution in [1.29, 1.82) is 0 Å². The Hall–Kier alpha value is -2.49. The maximum atomic E-state index is 11.9. The Morgan fingerprint density at radius 2 is 1.68 bits per heavy atom. The average molecular weight is 340 g/mol. The molecule has 4 nitrogen and oxygen atoms in total. The number of hydrogen-bond acceptors (Lipinski definition) is 2. The van der Waals surface area contributed by atoms with Gasteiger partial charge in [-0.2, -0.15) is 0 Å². The summed E-state index contributed by atoms with van der Waals surface area (Å²) in [5, 5.41) is 5.62. The fraction of sp³-hybridized carbons (Fsp3) is 0.381. The highest BCUT2D eigenvalue weighted by molar-refractivity contribution is 5.89. The summed E-state index contributed by atoms with van der Waals surface area (Å²) in [5.41, 5.74) is 4.55. The Morgan fingerprint density at radius 1 is 1.00 bits per heavy atom. The average Bonchev–Trinajstić information content (AvgIpc) is 2.55. The topological polar surface area (TPSA) is 50.4 Å². The molecule has 0 bridgehead atoms. The predicted octanol–water partition coefficient (Wildman–Crippen LogP) is 4.80. The number of rotatable bonds is 5. The van der Waals surface area contributed by atoms with Crippen molar-refractivity contribution in [3.05, 3.63) is 59.2 Å². The van der Waals surface area contributed by atoms with Gasteiger partial charge in [0.1, 0.15) is 12.4 Å². The summed E-state index contributed by atoms with van der Waals surface area (Å²) >= 11 is 0. The van der Waals surface area contributed by atoms with Gasteiger partial charge < -0.3 is 15.4 Å². The van der Waals surface area contributed by atoms with Gasteiger partial charge in [-0.3, -0.25) is 0 Å². The van der Waals surface area contributed by atoms with Crippen molar-refractivity contribution >= 4 is 11.7 Å². The van der Waals surface area contributed by atoms with Crippen LogP contribution in [0, 0.1) is 13.8 Å². The third kappa shape index (κ3) is 5.82. The van der Waals surface area contributed by atoms with Crippen LogP contribution in [0.25, 0.3) is 0 Å². The molecule has 0 aliphatic carbocycles. The first-order valence-electron chi connectivity index (χ1n) is 8.61. The normalized spacial score (nSPS) is 11.1. The van der Waals surface area contributed by atoms with Gasteiger partial charge in [0.15, 0.2) is 0 Å². The molecule has 0 fully saturated rings. The van der Waals surface area contributed by atoms with E-state index in [0.717, 1.165) is 17.0 Å². The first kappa shape index (κ1) is 18.8. The van der Waals surface area contributed by atoms with E-state index in [4.69, 9.17) is 4.74 Å². The van der Waals surface area contributed by atoms with Crippen LogP contribution >= 0.6 is 0 Å². The van der Waals surface area contributed by atoms with Gasteiger partial charge in [-0.05, 0) is 60.2 Å². The molecule has 2 amide bonds. The monoisotopic (exact) mass is 340 g/mol. The Bertz CT molecular complexity index is 716. The van der Waals surface area contributed by atoms with Crippen LogP contribution in [0.3, 0.4) is 0 Å². The van der Waals surface area contributed by atoms with Crippen LogP contribution in [0.5, 0.6) is 5.75 Å². The predicted molar refractivity (Wildman–Crippen MR) is 104 cm³/mol. The molecule has 2 N–H and O–H groups in total. The molecule has 2 aromatic rings. The van der Waals surface area contributed by atoms with E-state index < -0.39 is 0 Å². The molecule has 134 valence electrons. The SMILES string of the molecule is Cc1ccc(NC(=O)NCCOc2ccc(C(C)(C)C)cc2)cc1C. The van der Waals surface area contributed by atoms with Crippen LogP contribution in [0.2, 0.25) is 0 Å². The molecule has 0 aliphatic rings. The molecule has 2 aromatic carbocycles. The van der Waals surface area contributed by atoms with Crippen LogP contribution < -0.4 is 15.4 Å². The summed E-state index contributed by atoms with van der Waals surface area (Å²) < 4.78 is 5.67. The number of carbonyl (C=O) groups excluding carboxylic acids is 1. The van der Waals surface area contributed by atoms with Crippen molar-refractivity contribution in [3.8, 4) is 5.75 Å². The summed E-state index contributed by atoms with van der Waals surface area (Å²) in [4.78, 5) is 11.9. The highest BCUT2D eigenvalue weighted by Gasteiger charge is 2.12. The van der Waals surface area contributed by atoms with E-state index in [1.165, 1.54) is 11.1 Å². The van der Waals surface area contributed by atoms with Gasteiger partial charge in [-0.25, -0.2) is 4.79 Å². The lowest BCUT2D eigenvalue weighted by atomic mass is 9.87. The van der Waals surface area contributed by atoms with Crippen molar-refractivity contribution in [2.75, 3.05) is 18.5 Å². The maximum Gasteiger partial charge on any atom is 0.319 e. The first-order chi connectivity index (χ1) is 11.8. The van der Waals surface area contributed by atoms with Crippen LogP contribution in [-0.2, 0) is 5.41 Å². The fourth-order valence-corrected chi connectivity index (χ4v) is 2.38. The number of ether oxygens (including phenoxy) is 1. The molecule has 2 rings (SSSR count). The largest absolute Gasteiger partial charge is 0.492 e. The minimum atomic E-state index is -0.227. The zero-order valence-electron chi connectivity index (χ0n) is 15.8. The second-order valence-corrected chi connectivity index (χ2v) is 7.30. The minimum Gasteiger partial charge on any atom is -0.492 e. The summed E-state index contributed by atoms with van der Waals surface area (Å²) in [6, 6.07) is 13.7. The fourth-order valence-electron chi connectivity index (χ4n) is 2.38. The molecule has 0 atom stereocenters. The van der Waals surface area contributed by atoms with E-state index in [-0.39, 0.29) is 11.4 Å². The number of urea groups is 1. The second-order valence-electron chi connectivity index (χ2n) is 7.30. The van der Waals surface area contributed by atoms with Gasteiger partial charge in [-0.15, -0.1) is 0 Å². The molecule has 0 aliphatic heterocycles. The van der Waals surface area contributed by atoms with Gasteiger partial charge >= 0.3 is 6.03 Å². The molecule has 0 radical (unpaired) electrons. The second kappa shape index (κ2) is 8.06. The molecular weight excluding hydrogens is 312 g/mol. The number of amides is 2. The van der Waals surface area contributed by atoms with Crippen LogP contribution in [0.15, 0.2) is 42.5 Å². The maximum absolute atomic E-state index is 11.9. The molecule has 0 spiro atoms. The van der Waals surface area contributed by atoms with E-state index in [0.29, 0.717) is 13.2 Å². The third-order valence-electron chi connectivity index (χ3n) is 4.14. The summed E-state index contributed by atoms with van der Waals surface area (Å²) in [5.74, 6) is 0.810. The molecular formula is C21H28N2O2. The van der Waals surface area contributed by atoms with Crippen molar-refractivity contribution < 1.29 is 9.53 Å². The lowest BCUT2D eigenvalue weighted by Gasteiger charge is -2.19. The first-order valence-corrected chi connectivity index (χ1v) is 8.61. The molecule has 0 saturated heterocycles. The number of hydrogen-bond donors (Lipinski definition) is 2. The van der Waals surface area contributed by atoms with Crippen LogP contribution in [0.4, 0.5) is 10.5 Å². The quantitative estimate of drug-likeness (QED) is 0.768. The lowest BCUT2D eigenvalue weighted by Crippen LogP contribution is -2.32. The lowest BCUT2D eigenvalue weighted by molar-refractivity contribution is 0.247. The van der Waals surface area contributed by atoms with Gasteiger partial charge in [0.2, 0.25) is 0 Å². The van der Waals surface area contributed by atoms with Crippen LogP contribution in [-0.4, -0.2) is 19.2 Å². The summed E-state index contributed by atoms with van der Waals surface area (Å²) in [6.07, 6.45) is 0. The van der Waals surface area contributed by atoms with E-state index in [2.05, 4.69) is 43.5 Å². The van der Waals surface area contributed by atoms with E-state index >= 15 is 0 Å². The van der Waals surface area contributed by atoms with Gasteiger partial charge in [0, 0.05) is 5.69 Å². The number of nitrogens with one attached hydrogen (secondary N) is 2. The van der Waals surface area contributed by atoms with E-state index in [1.807, 2.05) is 44.2 Å². The third-order valence-corrected chi connectivity index (χ3v) is 4.14. The minimum absolute atomic E-state index is 0.131. The molecule has 0 heterocycles. The summed E-state index contributed by atoms with van der Waals surface area (Å²) in [7, 11) is 0. The Labute approximate surface area is 150 Å². The number of carbonyl (C=O) groups is 1. The van der Waals surface area contributed by atoms with Crippen LogP contribution in [0.1, 0.15) is 37.5 Å². The zero-order chi connectivity index (χ0) is 18.4. The Balaban J connectivity index is 1.73. The summed E-state index contributed by atoms with van der Waals surface area (Å²) in [6.45, 7) is 11.5. The standard InChI is InChI=1S/C21H28N2O2/c1-15-6-9-18(14-16(15)2)23-20(24)22-12-13-25-19-10-7-17(8-11-19)21(3,4)5/h6-11,14H,12-13H2,1-5H3,(H2,22,23,24). The number of aryl methyl sites for hydroxylation is 2. The van der Waals surface area contributed by atoms with Crippen molar-refractivity contribution in [1.82, 2.24) is 5.32 Å². The van der Waals surface area contributed by atoms with Crippen molar-refractivity contribution in [3.63, 3.8) is 0 Å². The Kier molecular flexibility index (Phi) is 6.07. The number of anilines is 1. The van der Waals surface area contributed by atoms with E-state index in [9.17, 15) is 4.79 Å². The molecule has 0 saturated carbocycles. The van der Waals surface area contributed by atoms with Gasteiger partial charge in [-0.1, -0.05) is 39.0 Å². The number of benzene rings is 2. The molecule has 0 unspecified atom stereocenters. The Morgan fingerprint density at radius 3 is 2.28 bits per heavy atom. The molecule has 4 heteroatoms. The zero-order valence-corrected chi connectivity index (χ0v) is 15.8. The smallest absolute Gasteiger partial charge is 0.319 e. The highest BCUT2D eigenvalue weighted by atomic mass is 16.5. The van der Waals surface area contributed by atoms with Crippen molar-refractivity contribution in [2.45, 2.75) is 40.0 Å². The van der Waals surface area contributed by atoms with E-state index in [1.54, 1.807) is 0 Å². The van der Waals surface area contributed by atoms with Crippen molar-refractivity contribution in [2.24, 2.45) is 0 Å². The van der Waals surface area contributed by atoms with Gasteiger partial charge in [0.05, 0.1) is 6.54 Å².